The average Bonchev–Trinajstić information content (AvgIpc) is 2.39. The summed E-state index contributed by atoms with van der Waals surface area (Å²) in [5.74, 6) is 0.507. The maximum Gasteiger partial charge on any atom is 0.271 e. The molecular formula is C13H16ClN3O3S. The van der Waals surface area contributed by atoms with Crippen LogP contribution in [0, 0.1) is 10.1 Å². The highest BCUT2D eigenvalue weighted by atomic mass is 35.5. The highest BCUT2D eigenvalue weighted by Crippen LogP contribution is 2.33. The third kappa shape index (κ3) is 3.41. The monoisotopic (exact) mass is 329 g/mol. The predicted molar refractivity (Wildman–Crippen MR) is 85.0 cm³/mol. The lowest BCUT2D eigenvalue weighted by molar-refractivity contribution is -0.384. The van der Waals surface area contributed by atoms with Gasteiger partial charge in [0.15, 0.2) is 0 Å². The van der Waals surface area contributed by atoms with E-state index in [1.54, 1.807) is 16.7 Å². The molecule has 1 amide bonds. The first-order valence-corrected chi connectivity index (χ1v) is 7.74. The van der Waals surface area contributed by atoms with Gasteiger partial charge in [-0.25, -0.2) is 0 Å². The number of hydrogen-bond acceptors (Lipinski definition) is 5. The number of carbonyl (C=O) groups excluding carboxylic acids is 1. The molecule has 2 N–H and O–H groups in total. The zero-order chi connectivity index (χ0) is 15.8. The highest BCUT2D eigenvalue weighted by molar-refractivity contribution is 8.00. The first-order chi connectivity index (χ1) is 9.71. The van der Waals surface area contributed by atoms with Crippen molar-refractivity contribution in [3.63, 3.8) is 0 Å². The summed E-state index contributed by atoms with van der Waals surface area (Å²) in [5, 5.41) is 10.9. The Morgan fingerprint density at radius 2 is 2.19 bits per heavy atom. The van der Waals surface area contributed by atoms with Crippen molar-refractivity contribution >= 4 is 40.6 Å². The van der Waals surface area contributed by atoms with Crippen LogP contribution < -0.4 is 5.73 Å². The first-order valence-electron chi connectivity index (χ1n) is 6.38. The van der Waals surface area contributed by atoms with Crippen molar-refractivity contribution in [1.29, 1.82) is 0 Å². The molecule has 0 bridgehead atoms. The van der Waals surface area contributed by atoms with E-state index in [0.717, 1.165) is 11.8 Å². The van der Waals surface area contributed by atoms with Crippen molar-refractivity contribution in [2.45, 2.75) is 18.6 Å². The minimum Gasteiger partial charge on any atom is -0.397 e. The summed E-state index contributed by atoms with van der Waals surface area (Å²) in [4.78, 5) is 24.6. The Morgan fingerprint density at radius 1 is 1.52 bits per heavy atom. The molecule has 2 rings (SSSR count). The number of nitro groups is 1. The fourth-order valence-electron chi connectivity index (χ4n) is 2.25. The Kier molecular flexibility index (Phi) is 4.34. The number of thioether (sulfide) groups is 1. The summed E-state index contributed by atoms with van der Waals surface area (Å²) in [7, 11) is 0. The quantitative estimate of drug-likeness (QED) is 0.512. The van der Waals surface area contributed by atoms with Crippen LogP contribution >= 0.6 is 23.4 Å². The van der Waals surface area contributed by atoms with E-state index in [9.17, 15) is 14.9 Å². The summed E-state index contributed by atoms with van der Waals surface area (Å²) in [6, 6.07) is 2.35. The largest absolute Gasteiger partial charge is 0.397 e. The first kappa shape index (κ1) is 15.9. The highest BCUT2D eigenvalue weighted by Gasteiger charge is 2.31. The van der Waals surface area contributed by atoms with Gasteiger partial charge < -0.3 is 10.6 Å². The number of nitro benzene ring substituents is 1. The second-order valence-electron chi connectivity index (χ2n) is 5.48. The van der Waals surface area contributed by atoms with Crippen molar-refractivity contribution < 1.29 is 9.72 Å². The number of halogens is 1. The molecule has 1 aliphatic rings. The van der Waals surface area contributed by atoms with Gasteiger partial charge in [-0.1, -0.05) is 11.6 Å². The second-order valence-corrected chi connectivity index (χ2v) is 7.69. The zero-order valence-electron chi connectivity index (χ0n) is 11.8. The number of non-ortho nitro benzene ring substituents is 1. The molecule has 21 heavy (non-hydrogen) atoms. The number of nitrogen functional groups attached to an aromatic ring is 1. The van der Waals surface area contributed by atoms with Crippen LogP contribution in [0.3, 0.4) is 0 Å². The van der Waals surface area contributed by atoms with E-state index in [-0.39, 0.29) is 32.6 Å². The topological polar surface area (TPSA) is 89.5 Å². The number of nitrogens with zero attached hydrogens (tertiary/aromatic N) is 2. The molecule has 0 spiro atoms. The molecule has 0 saturated carbocycles. The summed E-state index contributed by atoms with van der Waals surface area (Å²) < 4.78 is -0.0484. The van der Waals surface area contributed by atoms with Gasteiger partial charge in [0.1, 0.15) is 0 Å². The minimum atomic E-state index is -0.585. The van der Waals surface area contributed by atoms with Crippen LogP contribution in [0.1, 0.15) is 24.2 Å². The van der Waals surface area contributed by atoms with E-state index in [1.165, 1.54) is 6.07 Å². The Labute approximate surface area is 131 Å². The molecular weight excluding hydrogens is 314 g/mol. The van der Waals surface area contributed by atoms with Gasteiger partial charge in [-0.2, -0.15) is 11.8 Å². The molecule has 1 aliphatic heterocycles. The van der Waals surface area contributed by atoms with Crippen LogP contribution in [-0.4, -0.2) is 39.3 Å². The SMILES string of the molecule is CC1(C)CN(C(=O)c2cc([N+](=O)[O-])cc(Cl)c2N)CCS1. The van der Waals surface area contributed by atoms with Crippen molar-refractivity contribution in [1.82, 2.24) is 4.90 Å². The standard InChI is InChI=1S/C13H16ClN3O3S/c1-13(2)7-16(3-4-21-13)12(18)9-5-8(17(19)20)6-10(14)11(9)15/h5-6H,3-4,7,15H2,1-2H3. The third-order valence-electron chi connectivity index (χ3n) is 3.27. The van der Waals surface area contributed by atoms with Gasteiger partial charge in [0.2, 0.25) is 0 Å². The van der Waals surface area contributed by atoms with Crippen molar-refractivity contribution in [3.8, 4) is 0 Å². The van der Waals surface area contributed by atoms with Gasteiger partial charge in [-0.3, -0.25) is 14.9 Å². The van der Waals surface area contributed by atoms with E-state index in [0.29, 0.717) is 13.1 Å². The fourth-order valence-corrected chi connectivity index (χ4v) is 3.57. The number of anilines is 1. The van der Waals surface area contributed by atoms with Gasteiger partial charge in [-0.05, 0) is 13.8 Å². The van der Waals surface area contributed by atoms with Crippen LogP contribution in [0.5, 0.6) is 0 Å². The molecule has 0 aromatic heterocycles. The van der Waals surface area contributed by atoms with E-state index in [2.05, 4.69) is 13.8 Å². The Bertz CT molecular complexity index is 607. The molecule has 1 aromatic rings. The maximum absolute atomic E-state index is 12.6. The van der Waals surface area contributed by atoms with Crippen LogP contribution in [0.4, 0.5) is 11.4 Å². The number of amides is 1. The molecule has 114 valence electrons. The summed E-state index contributed by atoms with van der Waals surface area (Å²) in [6.45, 7) is 5.27. The smallest absolute Gasteiger partial charge is 0.271 e. The Balaban J connectivity index is 2.36. The van der Waals surface area contributed by atoms with Crippen LogP contribution in [-0.2, 0) is 0 Å². The van der Waals surface area contributed by atoms with Gasteiger partial charge in [0.25, 0.3) is 11.6 Å². The lowest BCUT2D eigenvalue weighted by Gasteiger charge is -2.37. The summed E-state index contributed by atoms with van der Waals surface area (Å²) >= 11 is 7.69. The second kappa shape index (κ2) is 5.73. The zero-order valence-corrected chi connectivity index (χ0v) is 13.3. The van der Waals surface area contributed by atoms with E-state index in [4.69, 9.17) is 17.3 Å². The van der Waals surface area contributed by atoms with Crippen LogP contribution in [0.2, 0.25) is 5.02 Å². The van der Waals surface area contributed by atoms with Crippen molar-refractivity contribution in [2.24, 2.45) is 0 Å². The average molecular weight is 330 g/mol. The Hall–Kier alpha value is -1.47. The third-order valence-corrected chi connectivity index (χ3v) is 4.88. The lowest BCUT2D eigenvalue weighted by atomic mass is 10.1. The number of hydrogen-bond donors (Lipinski definition) is 1. The van der Waals surface area contributed by atoms with E-state index in [1.807, 2.05) is 0 Å². The summed E-state index contributed by atoms with van der Waals surface area (Å²) in [5.41, 5.74) is 5.77. The molecule has 1 saturated heterocycles. The van der Waals surface area contributed by atoms with E-state index >= 15 is 0 Å². The van der Waals surface area contributed by atoms with Gasteiger partial charge in [-0.15, -0.1) is 0 Å². The minimum absolute atomic E-state index is 0.0261. The summed E-state index contributed by atoms with van der Waals surface area (Å²) in [6.07, 6.45) is 0. The molecule has 0 radical (unpaired) electrons. The van der Waals surface area contributed by atoms with Gasteiger partial charge >= 0.3 is 0 Å². The van der Waals surface area contributed by atoms with Crippen molar-refractivity contribution in [2.75, 3.05) is 24.6 Å². The number of benzene rings is 1. The molecule has 1 fully saturated rings. The maximum atomic E-state index is 12.6. The molecule has 0 atom stereocenters. The Morgan fingerprint density at radius 3 is 2.76 bits per heavy atom. The van der Waals surface area contributed by atoms with Gasteiger partial charge in [0, 0.05) is 35.7 Å². The number of carbonyl (C=O) groups is 1. The molecule has 1 heterocycles. The number of rotatable bonds is 2. The van der Waals surface area contributed by atoms with Crippen LogP contribution in [0.15, 0.2) is 12.1 Å². The number of nitrogens with two attached hydrogens (primary N) is 1. The predicted octanol–water partition coefficient (Wildman–Crippen LogP) is 2.80. The molecule has 0 aliphatic carbocycles. The molecule has 0 unspecified atom stereocenters. The van der Waals surface area contributed by atoms with Gasteiger partial charge in [0.05, 0.1) is 21.2 Å². The van der Waals surface area contributed by atoms with E-state index < -0.39 is 4.92 Å². The van der Waals surface area contributed by atoms with Crippen molar-refractivity contribution in [3.05, 3.63) is 32.8 Å². The fraction of sp³-hybridized carbons (Fsp3) is 0.462. The normalized spacial score (nSPS) is 17.6. The van der Waals surface area contributed by atoms with Crippen LogP contribution in [0.25, 0.3) is 0 Å². The molecule has 6 nitrogen and oxygen atoms in total. The molecule has 8 heteroatoms. The molecule has 1 aromatic carbocycles. The lowest BCUT2D eigenvalue weighted by Crippen LogP contribution is -2.46.